The number of carbonyl (C=O) groups excluding carboxylic acids is 1. The molecule has 0 saturated heterocycles. The Balaban J connectivity index is 1.81. The number of rotatable bonds is 4. The number of benzene rings is 1. The zero-order chi connectivity index (χ0) is 17.1. The maximum atomic E-state index is 12.7. The normalized spacial score (nSPS) is 13.9. The van der Waals surface area contributed by atoms with Gasteiger partial charge in [0.2, 0.25) is 5.78 Å². The smallest absolute Gasteiger partial charge is 0.206 e. The van der Waals surface area contributed by atoms with E-state index in [1.165, 1.54) is 11.3 Å². The number of ketones is 1. The molecule has 1 aliphatic rings. The van der Waals surface area contributed by atoms with Crippen LogP contribution in [0, 0.1) is 0 Å². The summed E-state index contributed by atoms with van der Waals surface area (Å²) in [5.41, 5.74) is 7.37. The minimum atomic E-state index is -0.124. The lowest BCUT2D eigenvalue weighted by molar-refractivity contribution is 0.104. The van der Waals surface area contributed by atoms with E-state index in [-0.39, 0.29) is 11.6 Å². The Morgan fingerprint density at radius 2 is 2.00 bits per heavy atom. The summed E-state index contributed by atoms with van der Waals surface area (Å²) in [5.74, 6) is 0.105. The number of allylic oxidation sites excluding steroid dienone is 6. The fourth-order valence-electron chi connectivity index (χ4n) is 2.11. The van der Waals surface area contributed by atoms with Crippen molar-refractivity contribution in [3.63, 3.8) is 0 Å². The standard InChI is InChI=1S/C17H13BrClN3OS/c18-11-3-1-2-10(4-5-11)14(23)15-16(20)22-17(24-15)21-13-8-6-12(19)7-9-13/h2-9H,1,20H2,(H,21,22). The average molecular weight is 423 g/mol. The highest BCUT2D eigenvalue weighted by Gasteiger charge is 2.19. The highest BCUT2D eigenvalue weighted by atomic mass is 79.9. The second-order valence-electron chi connectivity index (χ2n) is 5.01. The van der Waals surface area contributed by atoms with Crippen LogP contribution < -0.4 is 11.1 Å². The fraction of sp³-hybridized carbons (Fsp3) is 0.0588. The lowest BCUT2D eigenvalue weighted by atomic mass is 10.1. The van der Waals surface area contributed by atoms with Crippen molar-refractivity contribution in [2.75, 3.05) is 11.1 Å². The van der Waals surface area contributed by atoms with Crippen LogP contribution in [-0.4, -0.2) is 10.8 Å². The molecule has 2 aromatic rings. The van der Waals surface area contributed by atoms with E-state index >= 15 is 0 Å². The van der Waals surface area contributed by atoms with Gasteiger partial charge >= 0.3 is 0 Å². The Labute approximate surface area is 156 Å². The largest absolute Gasteiger partial charge is 0.382 e. The van der Waals surface area contributed by atoms with Gasteiger partial charge in [-0.3, -0.25) is 4.79 Å². The van der Waals surface area contributed by atoms with Gasteiger partial charge in [0.1, 0.15) is 10.7 Å². The van der Waals surface area contributed by atoms with Crippen LogP contribution in [0.1, 0.15) is 16.1 Å². The van der Waals surface area contributed by atoms with Crippen molar-refractivity contribution in [2.24, 2.45) is 0 Å². The summed E-state index contributed by atoms with van der Waals surface area (Å²) in [7, 11) is 0. The molecule has 1 aliphatic carbocycles. The number of nitrogens with zero attached hydrogens (tertiary/aromatic N) is 1. The molecule has 1 aromatic carbocycles. The highest BCUT2D eigenvalue weighted by molar-refractivity contribution is 9.11. The average Bonchev–Trinajstić information content (AvgIpc) is 2.77. The molecule has 122 valence electrons. The Morgan fingerprint density at radius 3 is 2.75 bits per heavy atom. The maximum Gasteiger partial charge on any atom is 0.206 e. The van der Waals surface area contributed by atoms with Gasteiger partial charge in [0.15, 0.2) is 5.13 Å². The minimum absolute atomic E-state index is 0.124. The van der Waals surface area contributed by atoms with Crippen molar-refractivity contribution in [3.8, 4) is 0 Å². The van der Waals surface area contributed by atoms with Crippen molar-refractivity contribution in [3.05, 3.63) is 68.5 Å². The summed E-state index contributed by atoms with van der Waals surface area (Å²) >= 11 is 10.5. The molecule has 0 atom stereocenters. The Morgan fingerprint density at radius 1 is 1.25 bits per heavy atom. The molecule has 3 rings (SSSR count). The van der Waals surface area contributed by atoms with Crippen LogP contribution in [0.15, 0.2) is 58.6 Å². The first-order chi connectivity index (χ1) is 11.5. The van der Waals surface area contributed by atoms with Gasteiger partial charge in [-0.25, -0.2) is 4.98 Å². The summed E-state index contributed by atoms with van der Waals surface area (Å²) in [5, 5.41) is 4.35. The van der Waals surface area contributed by atoms with Gasteiger partial charge in [0.05, 0.1) is 0 Å². The number of hydrogen-bond donors (Lipinski definition) is 2. The predicted molar refractivity (Wildman–Crippen MR) is 104 cm³/mol. The quantitative estimate of drug-likeness (QED) is 0.641. The number of aromatic nitrogens is 1. The number of halogens is 2. The van der Waals surface area contributed by atoms with E-state index in [1.54, 1.807) is 18.2 Å². The molecular formula is C17H13BrClN3OS. The minimum Gasteiger partial charge on any atom is -0.382 e. The van der Waals surface area contributed by atoms with Crippen LogP contribution in [0.2, 0.25) is 5.02 Å². The van der Waals surface area contributed by atoms with Crippen LogP contribution >= 0.6 is 38.9 Å². The van der Waals surface area contributed by atoms with Crippen LogP contribution in [0.5, 0.6) is 0 Å². The lowest BCUT2D eigenvalue weighted by Gasteiger charge is -2.01. The summed E-state index contributed by atoms with van der Waals surface area (Å²) in [4.78, 5) is 17.3. The number of thiazole rings is 1. The van der Waals surface area contributed by atoms with Gasteiger partial charge in [-0.15, -0.1) is 0 Å². The Hall–Kier alpha value is -1.89. The third-order valence-corrected chi connectivity index (χ3v) is 5.12. The molecule has 0 saturated carbocycles. The first kappa shape index (κ1) is 17.0. The molecule has 4 nitrogen and oxygen atoms in total. The molecule has 0 amide bonds. The van der Waals surface area contributed by atoms with Gasteiger partial charge in [0, 0.05) is 20.8 Å². The number of Topliss-reactive ketones (excluding diaryl/α,β-unsaturated/α-hetero) is 1. The Bertz CT molecular complexity index is 868. The third-order valence-electron chi connectivity index (χ3n) is 3.29. The van der Waals surface area contributed by atoms with Gasteiger partial charge < -0.3 is 11.1 Å². The van der Waals surface area contributed by atoms with E-state index < -0.39 is 0 Å². The number of nitrogens with one attached hydrogen (secondary N) is 1. The van der Waals surface area contributed by atoms with Gasteiger partial charge in [-0.05, 0) is 36.8 Å². The van der Waals surface area contributed by atoms with E-state index in [0.29, 0.717) is 27.0 Å². The van der Waals surface area contributed by atoms with E-state index in [1.807, 2.05) is 30.4 Å². The zero-order valence-electron chi connectivity index (χ0n) is 12.4. The predicted octanol–water partition coefficient (Wildman–Crippen LogP) is 5.47. The van der Waals surface area contributed by atoms with Gasteiger partial charge in [-0.1, -0.05) is 57.1 Å². The molecule has 0 aliphatic heterocycles. The van der Waals surface area contributed by atoms with Crippen molar-refractivity contribution < 1.29 is 4.79 Å². The number of nitrogens with two attached hydrogens (primary N) is 1. The molecule has 7 heteroatoms. The van der Waals surface area contributed by atoms with Crippen LogP contribution in [0.3, 0.4) is 0 Å². The van der Waals surface area contributed by atoms with Crippen LogP contribution in [0.25, 0.3) is 0 Å². The molecule has 1 aromatic heterocycles. The first-order valence-corrected chi connectivity index (χ1v) is 9.09. The monoisotopic (exact) mass is 421 g/mol. The molecule has 3 N–H and O–H groups in total. The van der Waals surface area contributed by atoms with Crippen molar-refractivity contribution in [1.82, 2.24) is 4.98 Å². The van der Waals surface area contributed by atoms with Crippen molar-refractivity contribution >= 4 is 61.3 Å². The van der Waals surface area contributed by atoms with Crippen molar-refractivity contribution in [2.45, 2.75) is 6.42 Å². The molecule has 0 fully saturated rings. The number of hydrogen-bond acceptors (Lipinski definition) is 5. The lowest BCUT2D eigenvalue weighted by Crippen LogP contribution is -2.02. The van der Waals surface area contributed by atoms with E-state index in [4.69, 9.17) is 17.3 Å². The molecule has 0 radical (unpaired) electrons. The second kappa shape index (κ2) is 7.34. The second-order valence-corrected chi connectivity index (χ2v) is 7.36. The Kier molecular flexibility index (Phi) is 5.18. The third kappa shape index (κ3) is 3.95. The number of carbonyl (C=O) groups is 1. The summed E-state index contributed by atoms with van der Waals surface area (Å²) < 4.78 is 0.948. The topological polar surface area (TPSA) is 68.0 Å². The summed E-state index contributed by atoms with van der Waals surface area (Å²) in [6.07, 6.45) is 8.17. The molecule has 0 spiro atoms. The maximum absolute atomic E-state index is 12.7. The molecule has 24 heavy (non-hydrogen) atoms. The van der Waals surface area contributed by atoms with Gasteiger partial charge in [0.25, 0.3) is 0 Å². The van der Waals surface area contributed by atoms with Crippen LogP contribution in [-0.2, 0) is 0 Å². The number of nitrogen functional groups attached to an aromatic ring is 1. The van der Waals surface area contributed by atoms with E-state index in [9.17, 15) is 4.79 Å². The van der Waals surface area contributed by atoms with Gasteiger partial charge in [-0.2, -0.15) is 0 Å². The SMILES string of the molecule is Nc1nc(Nc2ccc(Cl)cc2)sc1C(=O)C1=CCC=C(Br)C=C1. The molecule has 0 unspecified atom stereocenters. The molecular weight excluding hydrogens is 410 g/mol. The molecule has 1 heterocycles. The van der Waals surface area contributed by atoms with Crippen molar-refractivity contribution in [1.29, 1.82) is 0 Å². The summed E-state index contributed by atoms with van der Waals surface area (Å²) in [6.45, 7) is 0. The first-order valence-electron chi connectivity index (χ1n) is 7.10. The van der Waals surface area contributed by atoms with Crippen LogP contribution in [0.4, 0.5) is 16.6 Å². The number of anilines is 3. The highest BCUT2D eigenvalue weighted by Crippen LogP contribution is 2.31. The molecule has 0 bridgehead atoms. The van der Waals surface area contributed by atoms with E-state index in [0.717, 1.165) is 10.2 Å². The zero-order valence-corrected chi connectivity index (χ0v) is 15.6. The fourth-order valence-corrected chi connectivity index (χ4v) is 3.42. The summed E-state index contributed by atoms with van der Waals surface area (Å²) in [6, 6.07) is 7.22. The van der Waals surface area contributed by atoms with E-state index in [2.05, 4.69) is 26.2 Å².